The van der Waals surface area contributed by atoms with Gasteiger partial charge in [0.2, 0.25) is 15.9 Å². The molecule has 34 heavy (non-hydrogen) atoms. The minimum absolute atomic E-state index is 0.137. The molecular weight excluding hydrogens is 452 g/mol. The van der Waals surface area contributed by atoms with Crippen molar-refractivity contribution in [1.29, 1.82) is 0 Å². The number of benzene rings is 3. The largest absolute Gasteiger partial charge is 0.462 e. The monoisotopic (exact) mass is 480 g/mol. The lowest BCUT2D eigenvalue weighted by atomic mass is 10.1. The molecule has 0 atom stereocenters. The zero-order valence-electron chi connectivity index (χ0n) is 19.2. The van der Waals surface area contributed by atoms with Crippen LogP contribution in [0.15, 0.2) is 83.8 Å². The Morgan fingerprint density at radius 1 is 0.912 bits per heavy atom. The molecule has 8 heteroatoms. The molecule has 0 saturated carbocycles. The predicted octanol–water partition coefficient (Wildman–Crippen LogP) is 4.04. The molecule has 3 rings (SSSR count). The van der Waals surface area contributed by atoms with Crippen LogP contribution in [0.3, 0.4) is 0 Å². The van der Waals surface area contributed by atoms with Crippen molar-refractivity contribution in [3.05, 3.63) is 95.6 Å². The summed E-state index contributed by atoms with van der Waals surface area (Å²) < 4.78 is 32.8. The van der Waals surface area contributed by atoms with Crippen LogP contribution in [-0.2, 0) is 26.0 Å². The number of carbonyl (C=O) groups is 2. The summed E-state index contributed by atoms with van der Waals surface area (Å²) in [5, 5.41) is 2.70. The highest BCUT2D eigenvalue weighted by atomic mass is 32.2. The van der Waals surface area contributed by atoms with E-state index in [0.717, 1.165) is 11.1 Å². The molecule has 3 aromatic rings. The van der Waals surface area contributed by atoms with E-state index in [2.05, 4.69) is 5.32 Å². The van der Waals surface area contributed by atoms with Gasteiger partial charge in [-0.05, 0) is 62.2 Å². The molecule has 3 aromatic carbocycles. The number of amides is 1. The maximum absolute atomic E-state index is 13.3. The molecule has 0 saturated heterocycles. The lowest BCUT2D eigenvalue weighted by Gasteiger charge is -2.22. The van der Waals surface area contributed by atoms with E-state index >= 15 is 0 Å². The second-order valence-corrected chi connectivity index (χ2v) is 9.67. The van der Waals surface area contributed by atoms with Crippen LogP contribution >= 0.6 is 0 Å². The maximum atomic E-state index is 13.3. The second-order valence-electron chi connectivity index (χ2n) is 7.73. The predicted molar refractivity (Wildman–Crippen MR) is 131 cm³/mol. The third-order valence-corrected chi connectivity index (χ3v) is 7.01. The smallest absolute Gasteiger partial charge is 0.338 e. The van der Waals surface area contributed by atoms with Crippen molar-refractivity contribution < 1.29 is 22.7 Å². The molecule has 0 aliphatic rings. The number of hydrogen-bond acceptors (Lipinski definition) is 5. The summed E-state index contributed by atoms with van der Waals surface area (Å²) >= 11 is 0. The van der Waals surface area contributed by atoms with Crippen molar-refractivity contribution in [1.82, 2.24) is 4.31 Å². The topological polar surface area (TPSA) is 92.8 Å². The van der Waals surface area contributed by atoms with Crippen LogP contribution in [0.1, 0.15) is 28.4 Å². The maximum Gasteiger partial charge on any atom is 0.338 e. The van der Waals surface area contributed by atoms with E-state index < -0.39 is 21.9 Å². The number of nitrogens with zero attached hydrogens (tertiary/aromatic N) is 1. The SMILES string of the molecule is CCOC(=O)c1ccc(NC(=O)CN(CCc2ccccc2)S(=O)(=O)c2ccc(C)cc2)cc1. The van der Waals surface area contributed by atoms with Crippen molar-refractivity contribution in [3.8, 4) is 0 Å². The molecule has 0 unspecified atom stereocenters. The van der Waals surface area contributed by atoms with Gasteiger partial charge in [-0.2, -0.15) is 4.31 Å². The van der Waals surface area contributed by atoms with Gasteiger partial charge in [-0.1, -0.05) is 48.0 Å². The first-order valence-electron chi connectivity index (χ1n) is 11.0. The molecule has 178 valence electrons. The van der Waals surface area contributed by atoms with Gasteiger partial charge in [-0.3, -0.25) is 4.79 Å². The van der Waals surface area contributed by atoms with Crippen molar-refractivity contribution >= 4 is 27.6 Å². The van der Waals surface area contributed by atoms with Crippen molar-refractivity contribution in [2.45, 2.75) is 25.2 Å². The van der Waals surface area contributed by atoms with Crippen LogP contribution < -0.4 is 5.32 Å². The van der Waals surface area contributed by atoms with E-state index in [4.69, 9.17) is 4.74 Å². The average molecular weight is 481 g/mol. The third-order valence-electron chi connectivity index (χ3n) is 5.15. The van der Waals surface area contributed by atoms with Crippen LogP contribution in [0.2, 0.25) is 0 Å². The van der Waals surface area contributed by atoms with E-state index in [1.807, 2.05) is 37.3 Å². The van der Waals surface area contributed by atoms with Crippen molar-refractivity contribution in [2.24, 2.45) is 0 Å². The zero-order valence-corrected chi connectivity index (χ0v) is 20.0. The Morgan fingerprint density at radius 2 is 1.56 bits per heavy atom. The highest BCUT2D eigenvalue weighted by molar-refractivity contribution is 7.89. The molecule has 0 bridgehead atoms. The molecule has 0 heterocycles. The quantitative estimate of drug-likeness (QED) is 0.442. The highest BCUT2D eigenvalue weighted by Crippen LogP contribution is 2.18. The minimum atomic E-state index is -3.89. The first-order valence-corrected chi connectivity index (χ1v) is 12.4. The molecule has 0 aliphatic heterocycles. The number of anilines is 1. The Labute approximate surface area is 200 Å². The van der Waals surface area contributed by atoms with Gasteiger partial charge in [0.15, 0.2) is 0 Å². The van der Waals surface area contributed by atoms with Gasteiger partial charge in [0.05, 0.1) is 23.6 Å². The van der Waals surface area contributed by atoms with Crippen LogP contribution in [0.4, 0.5) is 5.69 Å². The first-order chi connectivity index (χ1) is 16.3. The Balaban J connectivity index is 1.75. The molecule has 7 nitrogen and oxygen atoms in total. The van der Waals surface area contributed by atoms with Crippen LogP contribution in [0.5, 0.6) is 0 Å². The number of aryl methyl sites for hydroxylation is 1. The van der Waals surface area contributed by atoms with E-state index in [9.17, 15) is 18.0 Å². The fraction of sp³-hybridized carbons (Fsp3) is 0.231. The van der Waals surface area contributed by atoms with E-state index in [1.54, 1.807) is 55.5 Å². The molecule has 1 N–H and O–H groups in total. The summed E-state index contributed by atoms with van der Waals surface area (Å²) in [6, 6.07) is 22.3. The minimum Gasteiger partial charge on any atom is -0.462 e. The standard InChI is InChI=1S/C26H28N2O5S/c1-3-33-26(30)22-11-13-23(14-12-22)27-25(29)19-28(18-17-21-7-5-4-6-8-21)34(31,32)24-15-9-20(2)10-16-24/h4-16H,3,17-19H2,1-2H3,(H,27,29). The van der Waals surface area contributed by atoms with E-state index in [0.29, 0.717) is 17.7 Å². The molecule has 0 spiro atoms. The van der Waals surface area contributed by atoms with Crippen molar-refractivity contribution in [3.63, 3.8) is 0 Å². The third kappa shape index (κ3) is 6.76. The van der Waals surface area contributed by atoms with Gasteiger partial charge in [-0.25, -0.2) is 13.2 Å². The number of rotatable bonds is 10. The van der Waals surface area contributed by atoms with Crippen LogP contribution in [0, 0.1) is 6.92 Å². The molecular formula is C26H28N2O5S. The normalized spacial score (nSPS) is 11.3. The van der Waals surface area contributed by atoms with Gasteiger partial charge >= 0.3 is 5.97 Å². The fourth-order valence-corrected chi connectivity index (χ4v) is 4.70. The van der Waals surface area contributed by atoms with E-state index in [1.165, 1.54) is 4.31 Å². The summed E-state index contributed by atoms with van der Waals surface area (Å²) in [6.45, 7) is 3.68. The Morgan fingerprint density at radius 3 is 2.18 bits per heavy atom. The summed E-state index contributed by atoms with van der Waals surface area (Å²) in [6.07, 6.45) is 0.466. The molecule has 0 aliphatic carbocycles. The van der Waals surface area contributed by atoms with Gasteiger partial charge in [0.25, 0.3) is 0 Å². The molecule has 0 fully saturated rings. The number of carbonyl (C=O) groups excluding carboxylic acids is 2. The van der Waals surface area contributed by atoms with Gasteiger partial charge in [-0.15, -0.1) is 0 Å². The summed E-state index contributed by atoms with van der Waals surface area (Å²) in [5.41, 5.74) is 2.74. The summed E-state index contributed by atoms with van der Waals surface area (Å²) in [5.74, 6) is -0.927. The average Bonchev–Trinajstić information content (AvgIpc) is 2.83. The number of nitrogens with one attached hydrogen (secondary N) is 1. The molecule has 1 amide bonds. The van der Waals surface area contributed by atoms with Gasteiger partial charge < -0.3 is 10.1 Å². The Kier molecular flexibility index (Phi) is 8.56. The molecule has 0 radical (unpaired) electrons. The Hall–Kier alpha value is -3.49. The number of hydrogen-bond donors (Lipinski definition) is 1. The van der Waals surface area contributed by atoms with Crippen LogP contribution in [0.25, 0.3) is 0 Å². The molecule has 0 aromatic heterocycles. The summed E-state index contributed by atoms with van der Waals surface area (Å²) in [4.78, 5) is 24.7. The lowest BCUT2D eigenvalue weighted by molar-refractivity contribution is -0.116. The zero-order chi connectivity index (χ0) is 24.6. The second kappa shape index (κ2) is 11.6. The summed E-state index contributed by atoms with van der Waals surface area (Å²) in [7, 11) is -3.89. The Bertz CT molecular complexity index is 1210. The number of esters is 1. The van der Waals surface area contributed by atoms with Gasteiger partial charge in [0, 0.05) is 12.2 Å². The first kappa shape index (κ1) is 25.1. The van der Waals surface area contributed by atoms with Crippen molar-refractivity contribution in [2.75, 3.05) is 25.0 Å². The van der Waals surface area contributed by atoms with E-state index in [-0.39, 0.29) is 24.6 Å². The van der Waals surface area contributed by atoms with Gasteiger partial charge in [0.1, 0.15) is 0 Å². The fourth-order valence-electron chi connectivity index (χ4n) is 3.31. The number of ether oxygens (including phenoxy) is 1. The lowest BCUT2D eigenvalue weighted by Crippen LogP contribution is -2.39. The highest BCUT2D eigenvalue weighted by Gasteiger charge is 2.26. The number of sulfonamides is 1. The van der Waals surface area contributed by atoms with Crippen LogP contribution in [-0.4, -0.2) is 44.3 Å².